The molecule has 166 valence electrons. The number of fused-ring (bicyclic) bond motifs is 1. The summed E-state index contributed by atoms with van der Waals surface area (Å²) in [6, 6.07) is 24.1. The predicted molar refractivity (Wildman–Crippen MR) is 120 cm³/mol. The molecule has 3 aromatic carbocycles. The summed E-state index contributed by atoms with van der Waals surface area (Å²) in [5, 5.41) is 20.3. The van der Waals surface area contributed by atoms with E-state index in [9.17, 15) is 15.0 Å². The highest BCUT2D eigenvalue weighted by atomic mass is 16.5. The van der Waals surface area contributed by atoms with Gasteiger partial charge in [-0.2, -0.15) is 0 Å². The zero-order chi connectivity index (χ0) is 22.6. The molecule has 2 N–H and O–H groups in total. The topological polar surface area (TPSA) is 79.2 Å². The molecular formula is C26H27NO5. The summed E-state index contributed by atoms with van der Waals surface area (Å²) < 4.78 is 11.7. The molecule has 4 rings (SSSR count). The second-order valence-electron chi connectivity index (χ2n) is 7.69. The minimum Gasteiger partial charge on any atom is -0.497 e. The van der Waals surface area contributed by atoms with Gasteiger partial charge in [0.05, 0.1) is 13.7 Å². The zero-order valence-electron chi connectivity index (χ0n) is 18.0. The van der Waals surface area contributed by atoms with E-state index in [0.717, 1.165) is 11.1 Å². The number of carbonyl (C=O) groups excluding carboxylic acids is 1. The Balaban J connectivity index is 1.74. The molecule has 0 bridgehead atoms. The lowest BCUT2D eigenvalue weighted by atomic mass is 9.93. The van der Waals surface area contributed by atoms with Gasteiger partial charge in [0.25, 0.3) is 5.91 Å². The van der Waals surface area contributed by atoms with E-state index in [2.05, 4.69) is 0 Å². The third-order valence-corrected chi connectivity index (χ3v) is 5.80. The Morgan fingerprint density at radius 3 is 2.34 bits per heavy atom. The summed E-state index contributed by atoms with van der Waals surface area (Å²) in [7, 11) is 1.59. The van der Waals surface area contributed by atoms with Gasteiger partial charge in [-0.15, -0.1) is 0 Å². The summed E-state index contributed by atoms with van der Waals surface area (Å²) >= 11 is 0. The molecule has 1 amide bonds. The SMILES string of the molecule is COc1ccc([C@@H](O)COC2(c3ccccc3)c3ccccc3C(=O)N2CCCO)cc1. The van der Waals surface area contributed by atoms with Gasteiger partial charge >= 0.3 is 0 Å². The third kappa shape index (κ3) is 3.88. The van der Waals surface area contributed by atoms with Crippen LogP contribution in [-0.4, -0.2) is 47.9 Å². The second kappa shape index (κ2) is 9.53. The molecule has 1 aliphatic rings. The van der Waals surface area contributed by atoms with E-state index >= 15 is 0 Å². The van der Waals surface area contributed by atoms with E-state index in [1.807, 2.05) is 48.5 Å². The monoisotopic (exact) mass is 433 g/mol. The summed E-state index contributed by atoms with van der Waals surface area (Å²) in [6.07, 6.45) is -0.484. The van der Waals surface area contributed by atoms with Crippen molar-refractivity contribution in [1.82, 2.24) is 4.90 Å². The molecular weight excluding hydrogens is 406 g/mol. The minimum absolute atomic E-state index is 0.0293. The number of hydrogen-bond donors (Lipinski definition) is 2. The number of hydrogen-bond acceptors (Lipinski definition) is 5. The van der Waals surface area contributed by atoms with Gasteiger partial charge in [-0.1, -0.05) is 60.7 Å². The van der Waals surface area contributed by atoms with Gasteiger partial charge in [-0.25, -0.2) is 0 Å². The number of aliphatic hydroxyl groups is 2. The lowest BCUT2D eigenvalue weighted by Crippen LogP contribution is -2.48. The molecule has 0 radical (unpaired) electrons. The van der Waals surface area contributed by atoms with Crippen LogP contribution in [0.15, 0.2) is 78.9 Å². The number of methoxy groups -OCH3 is 1. The number of carbonyl (C=O) groups is 1. The van der Waals surface area contributed by atoms with Gasteiger partial charge in [-0.05, 0) is 30.2 Å². The molecule has 0 saturated heterocycles. The average Bonchev–Trinajstić information content (AvgIpc) is 3.10. The third-order valence-electron chi connectivity index (χ3n) is 5.80. The Kier molecular flexibility index (Phi) is 6.55. The summed E-state index contributed by atoms with van der Waals surface area (Å²) in [5.74, 6) is 0.546. The number of amides is 1. The molecule has 1 unspecified atom stereocenters. The highest BCUT2D eigenvalue weighted by Crippen LogP contribution is 2.45. The van der Waals surface area contributed by atoms with Crippen molar-refractivity contribution < 1.29 is 24.5 Å². The predicted octanol–water partition coefficient (Wildman–Crippen LogP) is 3.48. The summed E-state index contributed by atoms with van der Waals surface area (Å²) in [5.41, 5.74) is 1.58. The van der Waals surface area contributed by atoms with E-state index < -0.39 is 11.8 Å². The van der Waals surface area contributed by atoms with Crippen molar-refractivity contribution in [3.05, 3.63) is 101 Å². The fourth-order valence-electron chi connectivity index (χ4n) is 4.22. The first-order chi connectivity index (χ1) is 15.6. The van der Waals surface area contributed by atoms with Crippen LogP contribution in [0.5, 0.6) is 5.75 Å². The Bertz CT molecular complexity index is 1050. The fourth-order valence-corrected chi connectivity index (χ4v) is 4.22. The Hall–Kier alpha value is -3.19. The van der Waals surface area contributed by atoms with E-state index in [0.29, 0.717) is 29.8 Å². The van der Waals surface area contributed by atoms with Crippen LogP contribution in [0.3, 0.4) is 0 Å². The van der Waals surface area contributed by atoms with Crippen molar-refractivity contribution >= 4 is 5.91 Å². The molecule has 0 spiro atoms. The molecule has 6 nitrogen and oxygen atoms in total. The van der Waals surface area contributed by atoms with Crippen LogP contribution in [0.2, 0.25) is 0 Å². The highest BCUT2D eigenvalue weighted by molar-refractivity contribution is 6.00. The summed E-state index contributed by atoms with van der Waals surface area (Å²) in [4.78, 5) is 15.0. The number of rotatable bonds is 9. The van der Waals surface area contributed by atoms with E-state index in [4.69, 9.17) is 9.47 Å². The van der Waals surface area contributed by atoms with Crippen LogP contribution in [0, 0.1) is 0 Å². The van der Waals surface area contributed by atoms with Crippen LogP contribution >= 0.6 is 0 Å². The molecule has 32 heavy (non-hydrogen) atoms. The second-order valence-corrected chi connectivity index (χ2v) is 7.69. The lowest BCUT2D eigenvalue weighted by molar-refractivity contribution is -0.131. The molecule has 0 aromatic heterocycles. The molecule has 0 fully saturated rings. The van der Waals surface area contributed by atoms with Crippen molar-refractivity contribution in [2.24, 2.45) is 0 Å². The quantitative estimate of drug-likeness (QED) is 0.540. The molecule has 2 atom stereocenters. The van der Waals surface area contributed by atoms with Gasteiger partial charge < -0.3 is 24.6 Å². The maximum absolute atomic E-state index is 13.4. The molecule has 1 aliphatic heterocycles. The first-order valence-electron chi connectivity index (χ1n) is 10.7. The van der Waals surface area contributed by atoms with Crippen LogP contribution in [0.4, 0.5) is 0 Å². The number of aliphatic hydroxyl groups excluding tert-OH is 2. The van der Waals surface area contributed by atoms with Crippen molar-refractivity contribution in [3.8, 4) is 5.75 Å². The van der Waals surface area contributed by atoms with Gasteiger partial charge in [-0.3, -0.25) is 4.79 Å². The van der Waals surface area contributed by atoms with Crippen LogP contribution in [-0.2, 0) is 10.5 Å². The maximum Gasteiger partial charge on any atom is 0.257 e. The lowest BCUT2D eigenvalue weighted by Gasteiger charge is -2.40. The molecule has 3 aromatic rings. The Labute approximate surface area is 187 Å². The van der Waals surface area contributed by atoms with Gasteiger partial charge in [0, 0.05) is 29.8 Å². The van der Waals surface area contributed by atoms with E-state index in [-0.39, 0.29) is 19.1 Å². The molecule has 1 heterocycles. The molecule has 0 saturated carbocycles. The fraction of sp³-hybridized carbons (Fsp3) is 0.269. The first kappa shape index (κ1) is 22.0. The number of benzene rings is 3. The van der Waals surface area contributed by atoms with Crippen LogP contribution < -0.4 is 4.74 Å². The Morgan fingerprint density at radius 1 is 0.969 bits per heavy atom. The Morgan fingerprint density at radius 2 is 1.66 bits per heavy atom. The van der Waals surface area contributed by atoms with Gasteiger partial charge in [0.15, 0.2) is 5.72 Å². The molecule has 6 heteroatoms. The normalized spacial score (nSPS) is 18.5. The van der Waals surface area contributed by atoms with Crippen molar-refractivity contribution in [1.29, 1.82) is 0 Å². The number of nitrogens with zero attached hydrogens (tertiary/aromatic N) is 1. The van der Waals surface area contributed by atoms with E-state index in [1.165, 1.54) is 0 Å². The van der Waals surface area contributed by atoms with Gasteiger partial charge in [0.2, 0.25) is 0 Å². The van der Waals surface area contributed by atoms with Crippen molar-refractivity contribution in [3.63, 3.8) is 0 Å². The van der Waals surface area contributed by atoms with Crippen LogP contribution in [0.25, 0.3) is 0 Å². The van der Waals surface area contributed by atoms with Crippen LogP contribution in [0.1, 0.15) is 39.6 Å². The largest absolute Gasteiger partial charge is 0.497 e. The summed E-state index contributed by atoms with van der Waals surface area (Å²) in [6.45, 7) is 0.246. The minimum atomic E-state index is -1.20. The smallest absolute Gasteiger partial charge is 0.257 e. The van der Waals surface area contributed by atoms with Crippen molar-refractivity contribution in [2.45, 2.75) is 18.2 Å². The van der Waals surface area contributed by atoms with Gasteiger partial charge in [0.1, 0.15) is 11.9 Å². The standard InChI is InChI=1S/C26H27NO5/c1-31-21-14-12-19(13-15-21)24(29)18-32-26(20-8-3-2-4-9-20)23-11-6-5-10-22(23)25(30)27(26)16-7-17-28/h2-6,8-15,24,28-29H,7,16-18H2,1H3/t24-,26?/m0/s1. The number of ether oxygens (including phenoxy) is 2. The zero-order valence-corrected chi connectivity index (χ0v) is 18.0. The maximum atomic E-state index is 13.4. The van der Waals surface area contributed by atoms with E-state index in [1.54, 1.807) is 42.3 Å². The molecule has 0 aliphatic carbocycles. The average molecular weight is 434 g/mol. The first-order valence-corrected chi connectivity index (χ1v) is 10.7. The van der Waals surface area contributed by atoms with Crippen molar-refractivity contribution in [2.75, 3.05) is 26.9 Å². The highest BCUT2D eigenvalue weighted by Gasteiger charge is 2.52.